The van der Waals surface area contributed by atoms with Crippen molar-refractivity contribution in [3.8, 4) is 0 Å². The van der Waals surface area contributed by atoms with Crippen LogP contribution < -0.4 is 4.90 Å². The molecule has 21 heavy (non-hydrogen) atoms. The van der Waals surface area contributed by atoms with Gasteiger partial charge >= 0.3 is 5.97 Å². The van der Waals surface area contributed by atoms with Gasteiger partial charge in [0.05, 0.1) is 11.3 Å². The fourth-order valence-electron chi connectivity index (χ4n) is 1.97. The second kappa shape index (κ2) is 8.89. The van der Waals surface area contributed by atoms with E-state index >= 15 is 0 Å². The van der Waals surface area contributed by atoms with E-state index in [-0.39, 0.29) is 12.1 Å². The first-order chi connectivity index (χ1) is 10.0. The Morgan fingerprint density at radius 3 is 2.62 bits per heavy atom. The van der Waals surface area contributed by atoms with Crippen molar-refractivity contribution in [1.29, 1.82) is 0 Å². The van der Waals surface area contributed by atoms with Crippen LogP contribution in [0.3, 0.4) is 0 Å². The van der Waals surface area contributed by atoms with Crippen molar-refractivity contribution in [2.75, 3.05) is 18.0 Å². The molecule has 0 amide bonds. The summed E-state index contributed by atoms with van der Waals surface area (Å²) in [6, 6.07) is 2.96. The van der Waals surface area contributed by atoms with Gasteiger partial charge < -0.3 is 10.0 Å². The van der Waals surface area contributed by atoms with E-state index in [1.54, 1.807) is 6.07 Å². The smallest absolute Gasteiger partial charge is 0.305 e. The number of nitrogens with zero attached hydrogens (tertiary/aromatic N) is 3. The molecule has 0 atom stereocenters. The number of unbranched alkanes of at least 4 members (excludes halogenated alkanes) is 3. The van der Waals surface area contributed by atoms with Crippen LogP contribution in [0.2, 0.25) is 0 Å². The lowest BCUT2D eigenvalue weighted by atomic mass is 10.2. The maximum absolute atomic E-state index is 10.7. The SMILES string of the molecule is CCCCCCN(CCC(=O)O)c1ccc([N+](=O)[O-])cn1. The van der Waals surface area contributed by atoms with Crippen LogP contribution in [0.4, 0.5) is 11.5 Å². The van der Waals surface area contributed by atoms with E-state index in [9.17, 15) is 14.9 Å². The third-order valence-corrected chi connectivity index (χ3v) is 3.14. The van der Waals surface area contributed by atoms with Crippen LogP contribution in [0, 0.1) is 10.1 Å². The maximum Gasteiger partial charge on any atom is 0.305 e. The summed E-state index contributed by atoms with van der Waals surface area (Å²) >= 11 is 0. The van der Waals surface area contributed by atoms with Gasteiger partial charge in [-0.15, -0.1) is 0 Å². The summed E-state index contributed by atoms with van der Waals surface area (Å²) < 4.78 is 0. The predicted molar refractivity (Wildman–Crippen MR) is 79.5 cm³/mol. The van der Waals surface area contributed by atoms with Gasteiger partial charge in [0.25, 0.3) is 5.69 Å². The molecule has 0 spiro atoms. The van der Waals surface area contributed by atoms with Crippen molar-refractivity contribution in [1.82, 2.24) is 4.98 Å². The van der Waals surface area contributed by atoms with Crippen molar-refractivity contribution >= 4 is 17.5 Å². The molecule has 0 aliphatic carbocycles. The monoisotopic (exact) mass is 295 g/mol. The number of anilines is 1. The number of carboxylic acid groups (broad SMARTS) is 1. The molecule has 1 aromatic rings. The van der Waals surface area contributed by atoms with Crippen LogP contribution in [0.1, 0.15) is 39.0 Å². The predicted octanol–water partition coefficient (Wildman–Crippen LogP) is 2.85. The topological polar surface area (TPSA) is 96.6 Å². The second-order valence-corrected chi connectivity index (χ2v) is 4.82. The van der Waals surface area contributed by atoms with Crippen molar-refractivity contribution < 1.29 is 14.8 Å². The van der Waals surface area contributed by atoms with Gasteiger partial charge in [0.15, 0.2) is 0 Å². The van der Waals surface area contributed by atoms with E-state index in [0.29, 0.717) is 18.9 Å². The first kappa shape index (κ1) is 16.9. The lowest BCUT2D eigenvalue weighted by Crippen LogP contribution is -2.28. The number of nitro groups is 1. The number of hydrogen-bond donors (Lipinski definition) is 1. The molecule has 0 aliphatic heterocycles. The lowest BCUT2D eigenvalue weighted by molar-refractivity contribution is -0.385. The molecule has 0 aromatic carbocycles. The highest BCUT2D eigenvalue weighted by molar-refractivity contribution is 5.67. The Labute approximate surface area is 123 Å². The fraction of sp³-hybridized carbons (Fsp3) is 0.571. The maximum atomic E-state index is 10.7. The molecule has 0 saturated heterocycles. The number of rotatable bonds is 10. The molecule has 1 heterocycles. The number of aromatic nitrogens is 1. The Hall–Kier alpha value is -2.18. The third-order valence-electron chi connectivity index (χ3n) is 3.14. The third kappa shape index (κ3) is 6.20. The molecule has 0 aliphatic rings. The van der Waals surface area contributed by atoms with E-state index in [1.165, 1.54) is 12.3 Å². The van der Waals surface area contributed by atoms with Crippen molar-refractivity contribution in [2.45, 2.75) is 39.0 Å². The van der Waals surface area contributed by atoms with E-state index < -0.39 is 10.9 Å². The molecule has 0 radical (unpaired) electrons. The molecule has 0 bridgehead atoms. The summed E-state index contributed by atoms with van der Waals surface area (Å²) in [7, 11) is 0. The van der Waals surface area contributed by atoms with E-state index in [4.69, 9.17) is 5.11 Å². The second-order valence-electron chi connectivity index (χ2n) is 4.82. The van der Waals surface area contributed by atoms with E-state index in [0.717, 1.165) is 25.7 Å². The standard InChI is InChI=1S/C14H21N3O4/c1-2-3-4-5-9-16(10-8-14(18)19)13-7-6-12(11-15-13)17(20)21/h6-7,11H,2-5,8-10H2,1H3,(H,18,19). The Morgan fingerprint density at radius 2 is 2.10 bits per heavy atom. The van der Waals surface area contributed by atoms with Crippen molar-refractivity contribution in [3.63, 3.8) is 0 Å². The molecular formula is C14H21N3O4. The van der Waals surface area contributed by atoms with Gasteiger partial charge in [-0.3, -0.25) is 14.9 Å². The molecule has 7 heteroatoms. The fourth-order valence-corrected chi connectivity index (χ4v) is 1.97. The van der Waals surface area contributed by atoms with Gasteiger partial charge in [-0.05, 0) is 12.5 Å². The molecule has 0 unspecified atom stereocenters. The molecule has 7 nitrogen and oxygen atoms in total. The summed E-state index contributed by atoms with van der Waals surface area (Å²) in [5.41, 5.74) is -0.0667. The quantitative estimate of drug-likeness (QED) is 0.405. The molecule has 116 valence electrons. The summed E-state index contributed by atoms with van der Waals surface area (Å²) in [4.78, 5) is 26.8. The average molecular weight is 295 g/mol. The highest BCUT2D eigenvalue weighted by atomic mass is 16.6. The minimum Gasteiger partial charge on any atom is -0.481 e. The summed E-state index contributed by atoms with van der Waals surface area (Å²) in [5.74, 6) is -0.284. The van der Waals surface area contributed by atoms with Gasteiger partial charge in [0.1, 0.15) is 12.0 Å². The number of pyridine rings is 1. The highest BCUT2D eigenvalue weighted by Crippen LogP contribution is 2.17. The van der Waals surface area contributed by atoms with Gasteiger partial charge in [-0.1, -0.05) is 26.2 Å². The van der Waals surface area contributed by atoms with Crippen molar-refractivity contribution in [2.24, 2.45) is 0 Å². The first-order valence-electron chi connectivity index (χ1n) is 7.11. The largest absolute Gasteiger partial charge is 0.481 e. The Balaban J connectivity index is 2.68. The van der Waals surface area contributed by atoms with Crippen LogP contribution >= 0.6 is 0 Å². The zero-order chi connectivity index (χ0) is 15.7. The highest BCUT2D eigenvalue weighted by Gasteiger charge is 2.12. The Bertz CT molecular complexity index is 462. The van der Waals surface area contributed by atoms with Crippen LogP contribution in [-0.2, 0) is 4.79 Å². The molecule has 0 fully saturated rings. The normalized spacial score (nSPS) is 10.3. The molecule has 1 N–H and O–H groups in total. The van der Waals surface area contributed by atoms with E-state index in [1.807, 2.05) is 4.90 Å². The minimum atomic E-state index is -0.865. The number of carboxylic acids is 1. The molecule has 0 saturated carbocycles. The Morgan fingerprint density at radius 1 is 1.33 bits per heavy atom. The zero-order valence-corrected chi connectivity index (χ0v) is 12.2. The number of carbonyl (C=O) groups is 1. The molecule has 1 rings (SSSR count). The zero-order valence-electron chi connectivity index (χ0n) is 12.2. The summed E-state index contributed by atoms with van der Waals surface area (Å²) in [5, 5.41) is 19.4. The lowest BCUT2D eigenvalue weighted by Gasteiger charge is -2.22. The number of aliphatic carboxylic acids is 1. The first-order valence-corrected chi connectivity index (χ1v) is 7.11. The minimum absolute atomic E-state index is 0.0203. The average Bonchev–Trinajstić information content (AvgIpc) is 2.46. The van der Waals surface area contributed by atoms with Crippen LogP contribution in [-0.4, -0.2) is 34.1 Å². The van der Waals surface area contributed by atoms with Gasteiger partial charge in [-0.2, -0.15) is 0 Å². The molecular weight excluding hydrogens is 274 g/mol. The van der Waals surface area contributed by atoms with Crippen LogP contribution in [0.15, 0.2) is 18.3 Å². The van der Waals surface area contributed by atoms with Crippen LogP contribution in [0.25, 0.3) is 0 Å². The Kier molecular flexibility index (Phi) is 7.14. The van der Waals surface area contributed by atoms with Crippen molar-refractivity contribution in [3.05, 3.63) is 28.4 Å². The molecule has 1 aromatic heterocycles. The van der Waals surface area contributed by atoms with Gasteiger partial charge in [-0.25, -0.2) is 4.98 Å². The van der Waals surface area contributed by atoms with Gasteiger partial charge in [0, 0.05) is 19.2 Å². The van der Waals surface area contributed by atoms with E-state index in [2.05, 4.69) is 11.9 Å². The number of hydrogen-bond acceptors (Lipinski definition) is 5. The summed E-state index contributed by atoms with van der Waals surface area (Å²) in [6.45, 7) is 3.18. The summed E-state index contributed by atoms with van der Waals surface area (Å²) in [6.07, 6.45) is 5.52. The van der Waals surface area contributed by atoms with Crippen LogP contribution in [0.5, 0.6) is 0 Å². The van der Waals surface area contributed by atoms with Gasteiger partial charge in [0.2, 0.25) is 0 Å².